The zero-order valence-electron chi connectivity index (χ0n) is 12.1. The summed E-state index contributed by atoms with van der Waals surface area (Å²) in [5.74, 6) is -0.272. The molecule has 2 aromatic carbocycles. The Labute approximate surface area is 142 Å². The van der Waals surface area contributed by atoms with Gasteiger partial charge in [0.15, 0.2) is 0 Å². The van der Waals surface area contributed by atoms with Crippen LogP contribution < -0.4 is 0 Å². The number of hydrogen-bond donors (Lipinski definition) is 1. The molecule has 0 atom stereocenters. The predicted molar refractivity (Wildman–Crippen MR) is 91.4 cm³/mol. The quantitative estimate of drug-likeness (QED) is 0.749. The minimum atomic E-state index is -0.932. The van der Waals surface area contributed by atoms with E-state index in [0.717, 1.165) is 21.2 Å². The molecular weight excluding hydrogens is 356 g/mol. The van der Waals surface area contributed by atoms with Crippen molar-refractivity contribution in [2.75, 3.05) is 0 Å². The van der Waals surface area contributed by atoms with Crippen LogP contribution >= 0.6 is 15.9 Å². The van der Waals surface area contributed by atoms with Crippen LogP contribution in [0.25, 0.3) is 11.1 Å². The minimum Gasteiger partial charge on any atom is -0.478 e. The summed E-state index contributed by atoms with van der Waals surface area (Å²) in [6, 6.07) is 14.8. The highest BCUT2D eigenvalue weighted by molar-refractivity contribution is 9.10. The number of rotatable bonds is 4. The number of benzene rings is 2. The molecule has 1 heterocycles. The van der Waals surface area contributed by atoms with Crippen LogP contribution in [0, 0.1) is 0 Å². The highest BCUT2D eigenvalue weighted by Crippen LogP contribution is 2.20. The Hall–Kier alpha value is -2.53. The third-order valence-corrected chi connectivity index (χ3v) is 3.95. The van der Waals surface area contributed by atoms with Crippen LogP contribution in [0.1, 0.15) is 21.7 Å². The highest BCUT2D eigenvalue weighted by Gasteiger charge is 2.06. The van der Waals surface area contributed by atoms with E-state index in [1.807, 2.05) is 30.3 Å². The fourth-order valence-corrected chi connectivity index (χ4v) is 2.50. The zero-order chi connectivity index (χ0) is 16.2. The Morgan fingerprint density at radius 1 is 1.00 bits per heavy atom. The number of hydrogen-bond acceptors (Lipinski definition) is 3. The van der Waals surface area contributed by atoms with E-state index in [9.17, 15) is 4.79 Å². The molecule has 23 heavy (non-hydrogen) atoms. The van der Waals surface area contributed by atoms with E-state index in [1.165, 1.54) is 0 Å². The van der Waals surface area contributed by atoms with Crippen molar-refractivity contribution < 1.29 is 9.90 Å². The second-order valence-electron chi connectivity index (χ2n) is 5.08. The summed E-state index contributed by atoms with van der Waals surface area (Å²) in [5.41, 5.74) is 3.14. The van der Waals surface area contributed by atoms with Gasteiger partial charge in [0.1, 0.15) is 5.82 Å². The van der Waals surface area contributed by atoms with Crippen LogP contribution in [0.5, 0.6) is 0 Å². The van der Waals surface area contributed by atoms with Gasteiger partial charge in [0.25, 0.3) is 0 Å². The topological polar surface area (TPSA) is 63.1 Å². The Bertz CT molecular complexity index is 830. The molecule has 0 amide bonds. The zero-order valence-corrected chi connectivity index (χ0v) is 13.7. The number of aromatic nitrogens is 2. The molecule has 5 heteroatoms. The molecule has 0 fully saturated rings. The van der Waals surface area contributed by atoms with Gasteiger partial charge >= 0.3 is 5.97 Å². The van der Waals surface area contributed by atoms with E-state index in [0.29, 0.717) is 12.2 Å². The monoisotopic (exact) mass is 368 g/mol. The van der Waals surface area contributed by atoms with Gasteiger partial charge in [0.2, 0.25) is 0 Å². The molecule has 0 aliphatic carbocycles. The van der Waals surface area contributed by atoms with Gasteiger partial charge in [0, 0.05) is 28.9 Å². The van der Waals surface area contributed by atoms with E-state index in [2.05, 4.69) is 25.9 Å². The lowest BCUT2D eigenvalue weighted by Gasteiger charge is -2.04. The lowest BCUT2D eigenvalue weighted by atomic mass is 10.1. The summed E-state index contributed by atoms with van der Waals surface area (Å²) in [7, 11) is 0. The average Bonchev–Trinajstić information content (AvgIpc) is 2.57. The molecule has 0 unspecified atom stereocenters. The van der Waals surface area contributed by atoms with Crippen molar-refractivity contribution in [2.24, 2.45) is 0 Å². The molecule has 0 saturated heterocycles. The van der Waals surface area contributed by atoms with Crippen molar-refractivity contribution in [1.82, 2.24) is 9.97 Å². The standard InChI is InChI=1S/C18H13BrN2O2/c19-16-6-4-13(5-7-16)15-10-20-17(21-11-15)9-12-2-1-3-14(8-12)18(22)23/h1-8,10-11H,9H2,(H,22,23). The first-order valence-electron chi connectivity index (χ1n) is 7.01. The molecule has 1 N–H and O–H groups in total. The molecule has 0 radical (unpaired) electrons. The van der Waals surface area contributed by atoms with Gasteiger partial charge in [-0.15, -0.1) is 0 Å². The van der Waals surface area contributed by atoms with Gasteiger partial charge in [-0.2, -0.15) is 0 Å². The van der Waals surface area contributed by atoms with Crippen LogP contribution in [0.4, 0.5) is 0 Å². The maximum atomic E-state index is 11.0. The number of carbonyl (C=O) groups is 1. The van der Waals surface area contributed by atoms with Gasteiger partial charge in [-0.05, 0) is 35.4 Å². The van der Waals surface area contributed by atoms with Crippen molar-refractivity contribution in [3.8, 4) is 11.1 Å². The number of carboxylic acid groups (broad SMARTS) is 1. The van der Waals surface area contributed by atoms with Gasteiger partial charge < -0.3 is 5.11 Å². The molecule has 0 bridgehead atoms. The first kappa shape index (κ1) is 15.4. The van der Waals surface area contributed by atoms with Crippen LogP contribution in [-0.4, -0.2) is 21.0 Å². The molecule has 0 aliphatic heterocycles. The molecular formula is C18H13BrN2O2. The third kappa shape index (κ3) is 3.81. The van der Waals surface area contributed by atoms with Crippen molar-refractivity contribution >= 4 is 21.9 Å². The molecule has 4 nitrogen and oxygen atoms in total. The molecule has 3 rings (SSSR count). The van der Waals surface area contributed by atoms with Gasteiger partial charge in [-0.25, -0.2) is 14.8 Å². The molecule has 114 valence electrons. The second-order valence-corrected chi connectivity index (χ2v) is 5.99. The Morgan fingerprint density at radius 3 is 2.35 bits per heavy atom. The normalized spacial score (nSPS) is 10.5. The number of carboxylic acids is 1. The van der Waals surface area contributed by atoms with E-state index in [4.69, 9.17) is 5.11 Å². The van der Waals surface area contributed by atoms with Crippen LogP contribution in [0.3, 0.4) is 0 Å². The Kier molecular flexibility index (Phi) is 4.48. The summed E-state index contributed by atoms with van der Waals surface area (Å²) >= 11 is 3.41. The maximum Gasteiger partial charge on any atom is 0.335 e. The van der Waals surface area contributed by atoms with E-state index >= 15 is 0 Å². The second kappa shape index (κ2) is 6.71. The lowest BCUT2D eigenvalue weighted by molar-refractivity contribution is 0.0696. The summed E-state index contributed by atoms with van der Waals surface area (Å²) in [6.07, 6.45) is 4.07. The molecule has 1 aromatic heterocycles. The summed E-state index contributed by atoms with van der Waals surface area (Å²) < 4.78 is 1.03. The summed E-state index contributed by atoms with van der Waals surface area (Å²) in [5, 5.41) is 9.02. The summed E-state index contributed by atoms with van der Waals surface area (Å²) in [6.45, 7) is 0. The molecule has 0 aliphatic rings. The number of nitrogens with zero attached hydrogens (tertiary/aromatic N) is 2. The average molecular weight is 369 g/mol. The molecule has 3 aromatic rings. The third-order valence-electron chi connectivity index (χ3n) is 3.42. The van der Waals surface area contributed by atoms with Crippen LogP contribution in [0.2, 0.25) is 0 Å². The largest absolute Gasteiger partial charge is 0.478 e. The van der Waals surface area contributed by atoms with Crippen molar-refractivity contribution in [3.63, 3.8) is 0 Å². The van der Waals surface area contributed by atoms with E-state index < -0.39 is 5.97 Å². The maximum absolute atomic E-state index is 11.0. The lowest BCUT2D eigenvalue weighted by Crippen LogP contribution is -2.00. The SMILES string of the molecule is O=C(O)c1cccc(Cc2ncc(-c3ccc(Br)cc3)cn2)c1. The van der Waals surface area contributed by atoms with Gasteiger partial charge in [-0.1, -0.05) is 40.2 Å². The first-order chi connectivity index (χ1) is 11.1. The fourth-order valence-electron chi connectivity index (χ4n) is 2.23. The van der Waals surface area contributed by atoms with E-state index in [1.54, 1.807) is 30.6 Å². The van der Waals surface area contributed by atoms with Crippen LogP contribution in [0.15, 0.2) is 65.4 Å². The highest BCUT2D eigenvalue weighted by atomic mass is 79.9. The predicted octanol–water partition coefficient (Wildman–Crippen LogP) is 4.20. The minimum absolute atomic E-state index is 0.272. The molecule has 0 saturated carbocycles. The number of aromatic carboxylic acids is 1. The fraction of sp³-hybridized carbons (Fsp3) is 0.0556. The number of halogens is 1. The van der Waals surface area contributed by atoms with Gasteiger partial charge in [-0.3, -0.25) is 0 Å². The Morgan fingerprint density at radius 2 is 1.70 bits per heavy atom. The van der Waals surface area contributed by atoms with E-state index in [-0.39, 0.29) is 5.56 Å². The van der Waals surface area contributed by atoms with Crippen LogP contribution in [-0.2, 0) is 6.42 Å². The molecule has 0 spiro atoms. The summed E-state index contributed by atoms with van der Waals surface area (Å²) in [4.78, 5) is 19.8. The van der Waals surface area contributed by atoms with Crippen molar-refractivity contribution in [2.45, 2.75) is 6.42 Å². The van der Waals surface area contributed by atoms with Crippen molar-refractivity contribution in [3.05, 3.63) is 82.3 Å². The smallest absolute Gasteiger partial charge is 0.335 e. The van der Waals surface area contributed by atoms with Crippen molar-refractivity contribution in [1.29, 1.82) is 0 Å². The van der Waals surface area contributed by atoms with Gasteiger partial charge in [0.05, 0.1) is 5.56 Å². The first-order valence-corrected chi connectivity index (χ1v) is 7.80. The Balaban J connectivity index is 1.78.